The molecule has 0 radical (unpaired) electrons. The van der Waals surface area contributed by atoms with Crippen LogP contribution in [0.15, 0.2) is 29.1 Å². The van der Waals surface area contributed by atoms with E-state index in [4.69, 9.17) is 0 Å². The molecular formula is C22H23N3O2S. The number of amides is 1. The van der Waals surface area contributed by atoms with Crippen LogP contribution < -0.4 is 10.9 Å². The Balaban J connectivity index is 2.13. The third-order valence-corrected chi connectivity index (χ3v) is 6.34. The fourth-order valence-electron chi connectivity index (χ4n) is 3.58. The van der Waals surface area contributed by atoms with E-state index in [1.54, 1.807) is 10.6 Å². The van der Waals surface area contributed by atoms with Crippen molar-refractivity contribution in [1.82, 2.24) is 4.57 Å². The lowest BCUT2D eigenvalue weighted by Crippen LogP contribution is -2.33. The number of carbonyl (C=O) groups excluding carboxylic acids is 1. The molecule has 5 nitrogen and oxygen atoms in total. The lowest BCUT2D eigenvalue weighted by atomic mass is 10.0. The molecule has 3 rings (SSSR count). The van der Waals surface area contributed by atoms with Crippen LogP contribution in [0.3, 0.4) is 0 Å². The molecule has 1 aromatic carbocycles. The zero-order valence-electron chi connectivity index (χ0n) is 16.7. The second kappa shape index (κ2) is 7.61. The third-order valence-electron chi connectivity index (χ3n) is 5.22. The van der Waals surface area contributed by atoms with E-state index in [2.05, 4.69) is 11.4 Å². The lowest BCUT2D eigenvalue weighted by Gasteiger charge is -2.22. The summed E-state index contributed by atoms with van der Waals surface area (Å²) in [6.45, 7) is 9.54. The van der Waals surface area contributed by atoms with Gasteiger partial charge in [-0.05, 0) is 50.8 Å². The molecule has 0 aliphatic heterocycles. The largest absolute Gasteiger partial charge is 0.315 e. The van der Waals surface area contributed by atoms with E-state index in [9.17, 15) is 14.9 Å². The summed E-state index contributed by atoms with van der Waals surface area (Å²) in [7, 11) is 0. The van der Waals surface area contributed by atoms with Gasteiger partial charge >= 0.3 is 0 Å². The average Bonchev–Trinajstić information content (AvgIpc) is 2.91. The van der Waals surface area contributed by atoms with Crippen molar-refractivity contribution in [3.05, 3.63) is 61.8 Å². The highest BCUT2D eigenvalue weighted by atomic mass is 32.1. The minimum Gasteiger partial charge on any atom is -0.315 e. The predicted octanol–water partition coefficient (Wildman–Crippen LogP) is 4.76. The topological polar surface area (TPSA) is 74.9 Å². The highest BCUT2D eigenvalue weighted by molar-refractivity contribution is 7.16. The van der Waals surface area contributed by atoms with E-state index in [1.807, 2.05) is 52.8 Å². The minimum absolute atomic E-state index is 0.194. The maximum atomic E-state index is 13.2. The number of rotatable bonds is 4. The number of hydrogen-bond donors (Lipinski definition) is 1. The van der Waals surface area contributed by atoms with Crippen molar-refractivity contribution in [2.45, 2.75) is 47.1 Å². The summed E-state index contributed by atoms with van der Waals surface area (Å²) in [6.07, 6.45) is 0.462. The van der Waals surface area contributed by atoms with Gasteiger partial charge in [-0.3, -0.25) is 14.2 Å². The maximum Gasteiger partial charge on any atom is 0.252 e. The number of fused-ring (bicyclic) bond motifs is 1. The van der Waals surface area contributed by atoms with E-state index < -0.39 is 6.04 Å². The van der Waals surface area contributed by atoms with Gasteiger partial charge in [-0.2, -0.15) is 5.26 Å². The van der Waals surface area contributed by atoms with Gasteiger partial charge in [0, 0.05) is 16.3 Å². The van der Waals surface area contributed by atoms with Gasteiger partial charge in [0.2, 0.25) is 5.91 Å². The van der Waals surface area contributed by atoms with Crippen molar-refractivity contribution in [2.24, 2.45) is 0 Å². The fourth-order valence-corrected chi connectivity index (χ4v) is 4.59. The van der Waals surface area contributed by atoms with Crippen LogP contribution in [0.2, 0.25) is 0 Å². The number of aromatic nitrogens is 1. The predicted molar refractivity (Wildman–Crippen MR) is 114 cm³/mol. The van der Waals surface area contributed by atoms with E-state index in [-0.39, 0.29) is 11.5 Å². The monoisotopic (exact) mass is 393 g/mol. The van der Waals surface area contributed by atoms with Crippen molar-refractivity contribution in [1.29, 1.82) is 5.26 Å². The van der Waals surface area contributed by atoms with Crippen LogP contribution in [0.5, 0.6) is 0 Å². The average molecular weight is 394 g/mol. The third kappa shape index (κ3) is 3.23. The van der Waals surface area contributed by atoms with E-state index in [1.165, 1.54) is 11.3 Å². The second-order valence-corrected chi connectivity index (χ2v) is 8.24. The standard InChI is InChI=1S/C22H23N3O2S/c1-6-18(21(27)24-22-17(11-23)14(4)15(5)28-22)25-19(26)10-13(3)16-9-7-8-12(2)20(16)25/h7-10,18H,6H2,1-5H3,(H,24,27). The first-order valence-corrected chi connectivity index (χ1v) is 10.0. The van der Waals surface area contributed by atoms with Gasteiger partial charge in [-0.25, -0.2) is 0 Å². The number of carbonyl (C=O) groups is 1. The number of pyridine rings is 1. The molecule has 6 heteroatoms. The van der Waals surface area contributed by atoms with Crippen LogP contribution in [-0.2, 0) is 4.79 Å². The molecule has 2 aromatic heterocycles. The summed E-state index contributed by atoms with van der Waals surface area (Å²) in [5.74, 6) is -0.282. The van der Waals surface area contributed by atoms with Crippen molar-refractivity contribution < 1.29 is 4.79 Å². The molecule has 0 bridgehead atoms. The molecule has 0 saturated carbocycles. The molecule has 0 aliphatic rings. The second-order valence-electron chi connectivity index (χ2n) is 7.02. The minimum atomic E-state index is -0.661. The smallest absolute Gasteiger partial charge is 0.252 e. The summed E-state index contributed by atoms with van der Waals surface area (Å²) in [6, 6.07) is 8.96. The Hall–Kier alpha value is -2.91. The molecule has 3 aromatic rings. The molecule has 2 heterocycles. The van der Waals surface area contributed by atoms with Gasteiger partial charge in [0.05, 0.1) is 11.1 Å². The Morgan fingerprint density at radius 2 is 1.96 bits per heavy atom. The molecule has 1 amide bonds. The molecule has 0 aliphatic carbocycles. The first-order chi connectivity index (χ1) is 13.3. The van der Waals surface area contributed by atoms with Gasteiger partial charge in [0.25, 0.3) is 5.56 Å². The summed E-state index contributed by atoms with van der Waals surface area (Å²) >= 11 is 1.39. The quantitative estimate of drug-likeness (QED) is 0.694. The Labute approximate surface area is 168 Å². The molecule has 1 atom stereocenters. The summed E-state index contributed by atoms with van der Waals surface area (Å²) < 4.78 is 1.59. The molecule has 0 fully saturated rings. The van der Waals surface area contributed by atoms with Crippen molar-refractivity contribution in [2.75, 3.05) is 5.32 Å². The maximum absolute atomic E-state index is 13.2. The Morgan fingerprint density at radius 3 is 2.61 bits per heavy atom. The number of benzene rings is 1. The first kappa shape index (κ1) is 19.8. The summed E-state index contributed by atoms with van der Waals surface area (Å²) in [5, 5.41) is 13.8. The molecule has 0 saturated heterocycles. The molecule has 0 spiro atoms. The molecule has 144 valence electrons. The van der Waals surface area contributed by atoms with Crippen molar-refractivity contribution in [3.63, 3.8) is 0 Å². The van der Waals surface area contributed by atoms with Gasteiger partial charge < -0.3 is 5.32 Å². The Bertz CT molecular complexity index is 1180. The highest BCUT2D eigenvalue weighted by Crippen LogP contribution is 2.33. The first-order valence-electron chi connectivity index (χ1n) is 9.22. The van der Waals surface area contributed by atoms with Gasteiger partial charge in [0.15, 0.2) is 0 Å². The Kier molecular flexibility index (Phi) is 5.39. The van der Waals surface area contributed by atoms with Crippen molar-refractivity contribution >= 4 is 33.1 Å². The van der Waals surface area contributed by atoms with Gasteiger partial charge in [-0.1, -0.05) is 25.1 Å². The zero-order chi connectivity index (χ0) is 20.6. The van der Waals surface area contributed by atoms with Gasteiger partial charge in [-0.15, -0.1) is 11.3 Å². The van der Waals surface area contributed by atoms with Crippen LogP contribution in [-0.4, -0.2) is 10.5 Å². The molecular weight excluding hydrogens is 370 g/mol. The number of nitrogens with zero attached hydrogens (tertiary/aromatic N) is 2. The van der Waals surface area contributed by atoms with Crippen LogP contribution in [0.4, 0.5) is 5.00 Å². The molecule has 28 heavy (non-hydrogen) atoms. The van der Waals surface area contributed by atoms with Crippen LogP contribution in [0.25, 0.3) is 10.9 Å². The van der Waals surface area contributed by atoms with Crippen molar-refractivity contribution in [3.8, 4) is 6.07 Å². The normalized spacial score (nSPS) is 12.0. The SMILES string of the molecule is CCC(C(=O)Nc1sc(C)c(C)c1C#N)n1c(=O)cc(C)c2cccc(C)c21. The number of aryl methyl sites for hydroxylation is 3. The number of para-hydroxylation sites is 1. The summed E-state index contributed by atoms with van der Waals surface area (Å²) in [5.41, 5.74) is 3.80. The number of nitrogens with one attached hydrogen (secondary N) is 1. The van der Waals surface area contributed by atoms with E-state index in [0.29, 0.717) is 17.0 Å². The highest BCUT2D eigenvalue weighted by Gasteiger charge is 2.25. The zero-order valence-corrected chi connectivity index (χ0v) is 17.5. The number of thiophene rings is 1. The Morgan fingerprint density at radius 1 is 1.25 bits per heavy atom. The van der Waals surface area contributed by atoms with Crippen LogP contribution in [0.1, 0.15) is 46.5 Å². The number of anilines is 1. The molecule has 1 N–H and O–H groups in total. The van der Waals surface area contributed by atoms with E-state index in [0.717, 1.165) is 32.5 Å². The fraction of sp³-hybridized carbons (Fsp3) is 0.318. The summed E-state index contributed by atoms with van der Waals surface area (Å²) in [4.78, 5) is 27.0. The lowest BCUT2D eigenvalue weighted by molar-refractivity contribution is -0.119. The van der Waals surface area contributed by atoms with Crippen LogP contribution >= 0.6 is 11.3 Å². The number of hydrogen-bond acceptors (Lipinski definition) is 4. The van der Waals surface area contributed by atoms with Crippen LogP contribution in [0, 0.1) is 39.0 Å². The molecule has 1 unspecified atom stereocenters. The van der Waals surface area contributed by atoms with Gasteiger partial charge in [0.1, 0.15) is 17.1 Å². The van der Waals surface area contributed by atoms with E-state index >= 15 is 0 Å². The number of nitriles is 1.